The smallest absolute Gasteiger partial charge is 0.272 e. The molecule has 178 valence electrons. The van der Waals surface area contributed by atoms with Crippen molar-refractivity contribution in [3.8, 4) is 11.8 Å². The molecule has 34 heavy (non-hydrogen) atoms. The van der Waals surface area contributed by atoms with Gasteiger partial charge in [0.2, 0.25) is 0 Å². The van der Waals surface area contributed by atoms with Crippen molar-refractivity contribution in [2.24, 2.45) is 10.8 Å². The van der Waals surface area contributed by atoms with E-state index in [1.807, 2.05) is 38.7 Å². The van der Waals surface area contributed by atoms with Gasteiger partial charge in [-0.05, 0) is 24.3 Å². The molecule has 8 nitrogen and oxygen atoms in total. The Morgan fingerprint density at radius 2 is 1.82 bits per heavy atom. The number of hydrogen-bond acceptors (Lipinski definition) is 7. The number of carbonyl (C=O) groups is 2. The lowest BCUT2D eigenvalue weighted by atomic mass is 9.49. The van der Waals surface area contributed by atoms with Crippen LogP contribution in [0, 0.1) is 22.2 Å². The molecular weight excluding hydrogens is 454 g/mol. The molecule has 0 bridgehead atoms. The van der Waals surface area contributed by atoms with Crippen LogP contribution in [0.5, 0.6) is 5.75 Å². The van der Waals surface area contributed by atoms with Crippen LogP contribution in [0.2, 0.25) is 5.02 Å². The SMILES string of the molecule is CC1(C)[C@H](NC(=O)c2ccc(N3CCC(=O)CC3)nn2)C(C)(C)[C@H]1Oc1ccc(C#N)c(Cl)c1. The van der Waals surface area contributed by atoms with Crippen LogP contribution >= 0.6 is 11.6 Å². The molecule has 2 heterocycles. The molecule has 2 aliphatic rings. The number of amides is 1. The first kappa shape index (κ1) is 24.0. The van der Waals surface area contributed by atoms with Crippen molar-refractivity contribution < 1.29 is 14.3 Å². The zero-order valence-corrected chi connectivity index (χ0v) is 20.5. The van der Waals surface area contributed by atoms with E-state index >= 15 is 0 Å². The van der Waals surface area contributed by atoms with E-state index in [1.54, 1.807) is 30.3 Å². The second-order valence-electron chi connectivity index (χ2n) is 10.1. The van der Waals surface area contributed by atoms with E-state index in [9.17, 15) is 9.59 Å². The zero-order chi connectivity index (χ0) is 24.7. The van der Waals surface area contributed by atoms with E-state index in [0.717, 1.165) is 0 Å². The molecule has 1 aliphatic heterocycles. The summed E-state index contributed by atoms with van der Waals surface area (Å²) in [5.41, 5.74) is -0.0978. The topological polar surface area (TPSA) is 108 Å². The summed E-state index contributed by atoms with van der Waals surface area (Å²) in [5, 5.41) is 20.9. The summed E-state index contributed by atoms with van der Waals surface area (Å²) in [6, 6.07) is 10.3. The number of anilines is 1. The van der Waals surface area contributed by atoms with Gasteiger partial charge < -0.3 is 15.0 Å². The minimum Gasteiger partial charge on any atom is -0.489 e. The summed E-state index contributed by atoms with van der Waals surface area (Å²) < 4.78 is 6.27. The van der Waals surface area contributed by atoms with Crippen molar-refractivity contribution in [1.82, 2.24) is 15.5 Å². The Morgan fingerprint density at radius 3 is 2.38 bits per heavy atom. The first-order valence-corrected chi connectivity index (χ1v) is 11.7. The standard InChI is InChI=1S/C25H28ClN5O3/c1-24(2)22(25(3,4)23(24)34-17-6-5-15(14-27)18(26)13-17)28-21(33)19-7-8-20(30-29-19)31-11-9-16(32)10-12-31/h5-8,13,22-23H,9-12H2,1-4H3,(H,28,33)/t22-,23-. The quantitative estimate of drug-likeness (QED) is 0.692. The van der Waals surface area contributed by atoms with Crippen LogP contribution in [0.3, 0.4) is 0 Å². The number of benzene rings is 1. The monoisotopic (exact) mass is 481 g/mol. The second kappa shape index (κ2) is 8.88. The van der Waals surface area contributed by atoms with Gasteiger partial charge in [-0.25, -0.2) is 0 Å². The van der Waals surface area contributed by atoms with Crippen LogP contribution in [0.25, 0.3) is 0 Å². The fourth-order valence-electron chi connectivity index (χ4n) is 5.40. The first-order valence-electron chi connectivity index (χ1n) is 11.3. The maximum absolute atomic E-state index is 13.0. The number of hydrogen-bond donors (Lipinski definition) is 1. The lowest BCUT2D eigenvalue weighted by molar-refractivity contribution is -0.164. The highest BCUT2D eigenvalue weighted by molar-refractivity contribution is 6.31. The summed E-state index contributed by atoms with van der Waals surface area (Å²) >= 11 is 6.16. The zero-order valence-electron chi connectivity index (χ0n) is 19.8. The molecule has 2 aromatic rings. The Labute approximate surface area is 204 Å². The highest BCUT2D eigenvalue weighted by atomic mass is 35.5. The Kier molecular flexibility index (Phi) is 6.26. The fourth-order valence-corrected chi connectivity index (χ4v) is 5.61. The molecule has 0 unspecified atom stereocenters. The van der Waals surface area contributed by atoms with Crippen molar-refractivity contribution in [2.45, 2.75) is 52.7 Å². The average molecular weight is 482 g/mol. The van der Waals surface area contributed by atoms with Gasteiger partial charge in [0, 0.05) is 48.9 Å². The van der Waals surface area contributed by atoms with E-state index in [2.05, 4.69) is 15.5 Å². The van der Waals surface area contributed by atoms with Gasteiger partial charge >= 0.3 is 0 Å². The Balaban J connectivity index is 1.42. The van der Waals surface area contributed by atoms with Gasteiger partial charge in [-0.3, -0.25) is 9.59 Å². The first-order chi connectivity index (χ1) is 16.0. The Morgan fingerprint density at radius 1 is 1.15 bits per heavy atom. The molecule has 4 rings (SSSR count). The molecular formula is C25H28ClN5O3. The predicted octanol–water partition coefficient (Wildman–Crippen LogP) is 3.78. The molecule has 1 aliphatic carbocycles. The predicted molar refractivity (Wildman–Crippen MR) is 128 cm³/mol. The number of nitrogens with one attached hydrogen (secondary N) is 1. The van der Waals surface area contributed by atoms with E-state index in [4.69, 9.17) is 21.6 Å². The van der Waals surface area contributed by atoms with Crippen molar-refractivity contribution in [1.29, 1.82) is 5.26 Å². The summed E-state index contributed by atoms with van der Waals surface area (Å²) in [7, 11) is 0. The minimum absolute atomic E-state index is 0.166. The highest BCUT2D eigenvalue weighted by Crippen LogP contribution is 2.55. The van der Waals surface area contributed by atoms with E-state index in [-0.39, 0.29) is 40.4 Å². The summed E-state index contributed by atoms with van der Waals surface area (Å²) in [6.07, 6.45) is 0.825. The largest absolute Gasteiger partial charge is 0.489 e. The molecule has 1 aromatic carbocycles. The van der Waals surface area contributed by atoms with E-state index < -0.39 is 0 Å². The Bertz CT molecular complexity index is 1130. The van der Waals surface area contributed by atoms with Gasteiger partial charge in [-0.1, -0.05) is 39.3 Å². The molecule has 0 spiro atoms. The second-order valence-corrected chi connectivity index (χ2v) is 10.5. The number of Topliss-reactive ketones (excluding diaryl/α,β-unsaturated/α-hetero) is 1. The van der Waals surface area contributed by atoms with Gasteiger partial charge in [0.1, 0.15) is 23.7 Å². The normalized spacial score (nSPS) is 22.9. The molecule has 0 atom stereocenters. The molecule has 1 N–H and O–H groups in total. The van der Waals surface area contributed by atoms with Crippen molar-refractivity contribution >= 4 is 29.1 Å². The molecule has 2 fully saturated rings. The lowest BCUT2D eigenvalue weighted by Gasteiger charge is -2.63. The van der Waals surface area contributed by atoms with Crippen LogP contribution in [0.4, 0.5) is 5.82 Å². The number of carbonyl (C=O) groups excluding carboxylic acids is 2. The number of ketones is 1. The average Bonchev–Trinajstić information content (AvgIpc) is 2.81. The van der Waals surface area contributed by atoms with E-state index in [0.29, 0.717) is 48.1 Å². The van der Waals surface area contributed by atoms with Crippen LogP contribution in [0.1, 0.15) is 56.6 Å². The molecule has 1 saturated carbocycles. The number of aromatic nitrogens is 2. The fraction of sp³-hybridized carbons (Fsp3) is 0.480. The summed E-state index contributed by atoms with van der Waals surface area (Å²) in [6.45, 7) is 9.43. The van der Waals surface area contributed by atoms with Crippen molar-refractivity contribution in [3.63, 3.8) is 0 Å². The summed E-state index contributed by atoms with van der Waals surface area (Å²) in [5.74, 6) is 1.22. The maximum Gasteiger partial charge on any atom is 0.272 e. The third-order valence-corrected chi connectivity index (χ3v) is 7.27. The minimum atomic E-state index is -0.368. The van der Waals surface area contributed by atoms with Crippen molar-refractivity contribution in [2.75, 3.05) is 18.0 Å². The number of nitriles is 1. The van der Waals surface area contributed by atoms with Crippen LogP contribution in [-0.2, 0) is 4.79 Å². The highest BCUT2D eigenvalue weighted by Gasteiger charge is 2.64. The summed E-state index contributed by atoms with van der Waals surface area (Å²) in [4.78, 5) is 26.4. The van der Waals surface area contributed by atoms with Gasteiger partial charge in [-0.2, -0.15) is 5.26 Å². The van der Waals surface area contributed by atoms with Gasteiger partial charge in [-0.15, -0.1) is 10.2 Å². The third-order valence-electron chi connectivity index (χ3n) is 6.96. The number of rotatable bonds is 5. The number of nitrogens with zero attached hydrogens (tertiary/aromatic N) is 4. The van der Waals surface area contributed by atoms with Crippen molar-refractivity contribution in [3.05, 3.63) is 46.6 Å². The molecule has 0 radical (unpaired) electrons. The van der Waals surface area contributed by atoms with Crippen LogP contribution in [-0.4, -0.2) is 47.1 Å². The van der Waals surface area contributed by atoms with E-state index in [1.165, 1.54) is 0 Å². The Hall–Kier alpha value is -3.18. The lowest BCUT2D eigenvalue weighted by Crippen LogP contribution is -2.74. The molecule has 1 amide bonds. The van der Waals surface area contributed by atoms with Crippen LogP contribution in [0.15, 0.2) is 30.3 Å². The molecule has 1 aromatic heterocycles. The molecule has 9 heteroatoms. The van der Waals surface area contributed by atoms with Gasteiger partial charge in [0.05, 0.1) is 10.6 Å². The number of ether oxygens (including phenoxy) is 1. The maximum atomic E-state index is 13.0. The van der Waals surface area contributed by atoms with Gasteiger partial charge in [0.25, 0.3) is 5.91 Å². The number of halogens is 1. The third kappa shape index (κ3) is 4.32. The molecule has 1 saturated heterocycles. The van der Waals surface area contributed by atoms with Gasteiger partial charge in [0.15, 0.2) is 11.5 Å². The van der Waals surface area contributed by atoms with Crippen LogP contribution < -0.4 is 15.0 Å². The number of piperidine rings is 1.